The highest BCUT2D eigenvalue weighted by Gasteiger charge is 2.12. The average Bonchev–Trinajstić information content (AvgIpc) is 2.75. The first-order chi connectivity index (χ1) is 9.95. The van der Waals surface area contributed by atoms with E-state index >= 15 is 0 Å². The third kappa shape index (κ3) is 4.52. The van der Waals surface area contributed by atoms with Gasteiger partial charge < -0.3 is 9.84 Å². The summed E-state index contributed by atoms with van der Waals surface area (Å²) in [7, 11) is 0. The van der Waals surface area contributed by atoms with Gasteiger partial charge in [0.05, 0.1) is 25.4 Å². The van der Waals surface area contributed by atoms with Crippen molar-refractivity contribution in [1.29, 1.82) is 0 Å². The molecule has 2 aromatic rings. The average molecular weight is 310 g/mol. The topological polar surface area (TPSA) is 60.2 Å². The zero-order valence-electron chi connectivity index (χ0n) is 12.5. The molecule has 0 aliphatic rings. The molecule has 0 radical (unpaired) electrons. The van der Waals surface area contributed by atoms with Crippen LogP contribution < -0.4 is 0 Å². The lowest BCUT2D eigenvalue weighted by Gasteiger charge is -2.17. The Hall–Kier alpha value is -1.43. The van der Waals surface area contributed by atoms with Crippen molar-refractivity contribution in [1.82, 2.24) is 14.8 Å². The number of aliphatic hydroxyl groups is 1. The molecule has 1 aromatic carbocycles. The van der Waals surface area contributed by atoms with Crippen molar-refractivity contribution < 1.29 is 9.84 Å². The highest BCUT2D eigenvalue weighted by Crippen LogP contribution is 2.19. The first-order valence-electron chi connectivity index (χ1n) is 6.89. The van der Waals surface area contributed by atoms with E-state index in [2.05, 4.69) is 10.1 Å². The van der Waals surface area contributed by atoms with Crippen LogP contribution in [0.3, 0.4) is 0 Å². The van der Waals surface area contributed by atoms with Gasteiger partial charge in [-0.25, -0.2) is 9.67 Å². The van der Waals surface area contributed by atoms with Crippen LogP contribution in [0.1, 0.15) is 30.2 Å². The zero-order chi connectivity index (χ0) is 15.4. The fraction of sp³-hybridized carbons (Fsp3) is 0.467. The van der Waals surface area contributed by atoms with Crippen molar-refractivity contribution in [2.24, 2.45) is 0 Å². The lowest BCUT2D eigenvalue weighted by Crippen LogP contribution is -2.24. The molecular weight excluding hydrogens is 290 g/mol. The largest absolute Gasteiger partial charge is 0.389 e. The van der Waals surface area contributed by atoms with Gasteiger partial charge in [-0.05, 0) is 38.5 Å². The Morgan fingerprint density at radius 3 is 2.52 bits per heavy atom. The predicted molar refractivity (Wildman–Crippen MR) is 81.3 cm³/mol. The fourth-order valence-corrected chi connectivity index (χ4v) is 2.20. The van der Waals surface area contributed by atoms with E-state index in [0.29, 0.717) is 17.4 Å². The number of aliphatic hydroxyl groups excluding tert-OH is 1. The summed E-state index contributed by atoms with van der Waals surface area (Å²) in [5, 5.41) is 15.0. The Morgan fingerprint density at radius 2 is 1.95 bits per heavy atom. The highest BCUT2D eigenvalue weighted by molar-refractivity contribution is 6.30. The van der Waals surface area contributed by atoms with E-state index in [4.69, 9.17) is 16.3 Å². The lowest BCUT2D eigenvalue weighted by molar-refractivity contribution is -0.0102. The molecular formula is C15H20ClN3O2. The Balaban J connectivity index is 1.84. The van der Waals surface area contributed by atoms with E-state index in [1.54, 1.807) is 4.68 Å². The minimum atomic E-state index is -0.625. The monoisotopic (exact) mass is 309 g/mol. The van der Waals surface area contributed by atoms with Crippen LogP contribution in [0.4, 0.5) is 0 Å². The molecule has 0 bridgehead atoms. The summed E-state index contributed by atoms with van der Waals surface area (Å²) in [5.74, 6) is 1.49. The number of nitrogens with zero attached hydrogens (tertiary/aromatic N) is 3. The molecule has 0 saturated heterocycles. The molecule has 21 heavy (non-hydrogen) atoms. The van der Waals surface area contributed by atoms with Gasteiger partial charge in [0.1, 0.15) is 11.6 Å². The maximum Gasteiger partial charge on any atom is 0.147 e. The van der Waals surface area contributed by atoms with E-state index in [-0.39, 0.29) is 12.7 Å². The predicted octanol–water partition coefficient (Wildman–Crippen LogP) is 2.69. The van der Waals surface area contributed by atoms with Gasteiger partial charge >= 0.3 is 0 Å². The van der Waals surface area contributed by atoms with E-state index < -0.39 is 6.10 Å². The standard InChI is InChI=1S/C15H20ClN3O2/c1-10(13-4-6-14(16)7-5-13)21-9-15(20)8-19-12(3)17-11(2)18-19/h4-7,10,15,20H,8-9H2,1-3H3. The molecule has 0 aliphatic heterocycles. The van der Waals surface area contributed by atoms with Crippen molar-refractivity contribution in [3.8, 4) is 0 Å². The van der Waals surface area contributed by atoms with Crippen LogP contribution >= 0.6 is 11.6 Å². The molecule has 0 spiro atoms. The molecule has 2 unspecified atom stereocenters. The highest BCUT2D eigenvalue weighted by atomic mass is 35.5. The number of halogens is 1. The smallest absolute Gasteiger partial charge is 0.147 e. The summed E-state index contributed by atoms with van der Waals surface area (Å²) in [5.41, 5.74) is 1.03. The molecule has 5 nitrogen and oxygen atoms in total. The quantitative estimate of drug-likeness (QED) is 0.891. The third-order valence-electron chi connectivity index (χ3n) is 3.22. The van der Waals surface area contributed by atoms with Crippen LogP contribution in [-0.2, 0) is 11.3 Å². The van der Waals surface area contributed by atoms with Crippen molar-refractivity contribution in [3.05, 3.63) is 46.5 Å². The molecule has 6 heteroatoms. The number of aromatic nitrogens is 3. The molecule has 114 valence electrons. The van der Waals surface area contributed by atoms with Gasteiger partial charge in [0.15, 0.2) is 0 Å². The van der Waals surface area contributed by atoms with Gasteiger partial charge in [-0.1, -0.05) is 23.7 Å². The number of hydrogen-bond donors (Lipinski definition) is 1. The summed E-state index contributed by atoms with van der Waals surface area (Å²) >= 11 is 5.85. The van der Waals surface area contributed by atoms with Crippen LogP contribution in [0.5, 0.6) is 0 Å². The normalized spacial score (nSPS) is 14.1. The zero-order valence-corrected chi connectivity index (χ0v) is 13.2. The maximum atomic E-state index is 10.0. The molecule has 0 saturated carbocycles. The fourth-order valence-electron chi connectivity index (χ4n) is 2.07. The van der Waals surface area contributed by atoms with Crippen molar-refractivity contribution >= 4 is 11.6 Å². The lowest BCUT2D eigenvalue weighted by atomic mass is 10.1. The minimum Gasteiger partial charge on any atom is -0.389 e. The molecule has 2 rings (SSSR count). The van der Waals surface area contributed by atoms with Crippen molar-refractivity contribution in [2.45, 2.75) is 39.5 Å². The SMILES string of the molecule is Cc1nc(C)n(CC(O)COC(C)c2ccc(Cl)cc2)n1. The second-order valence-corrected chi connectivity index (χ2v) is 5.51. The third-order valence-corrected chi connectivity index (χ3v) is 3.48. The first-order valence-corrected chi connectivity index (χ1v) is 7.26. The van der Waals surface area contributed by atoms with Gasteiger partial charge in [-0.15, -0.1) is 0 Å². The summed E-state index contributed by atoms with van der Waals surface area (Å²) in [6.07, 6.45) is -0.727. The van der Waals surface area contributed by atoms with E-state index in [0.717, 1.165) is 11.4 Å². The van der Waals surface area contributed by atoms with Crippen molar-refractivity contribution in [3.63, 3.8) is 0 Å². The van der Waals surface area contributed by atoms with Crippen LogP contribution in [0, 0.1) is 13.8 Å². The molecule has 0 fully saturated rings. The molecule has 2 atom stereocenters. The Bertz CT molecular complexity index is 583. The van der Waals surface area contributed by atoms with E-state index in [1.807, 2.05) is 45.0 Å². The molecule has 1 N–H and O–H groups in total. The summed E-state index contributed by atoms with van der Waals surface area (Å²) in [4.78, 5) is 4.20. The number of hydrogen-bond acceptors (Lipinski definition) is 4. The van der Waals surface area contributed by atoms with E-state index in [9.17, 15) is 5.11 Å². The Labute approximate surface area is 129 Å². The van der Waals surface area contributed by atoms with Gasteiger partial charge in [-0.2, -0.15) is 5.10 Å². The second kappa shape index (κ2) is 7.02. The molecule has 1 heterocycles. The Morgan fingerprint density at radius 1 is 1.29 bits per heavy atom. The van der Waals surface area contributed by atoms with E-state index in [1.165, 1.54) is 0 Å². The van der Waals surface area contributed by atoms with Gasteiger partial charge in [0.25, 0.3) is 0 Å². The molecule has 0 amide bonds. The Kier molecular flexibility index (Phi) is 5.33. The summed E-state index contributed by atoms with van der Waals surface area (Å²) < 4.78 is 7.38. The number of ether oxygens (including phenoxy) is 1. The van der Waals surface area contributed by atoms with Crippen molar-refractivity contribution in [2.75, 3.05) is 6.61 Å². The van der Waals surface area contributed by atoms with Gasteiger partial charge in [-0.3, -0.25) is 0 Å². The molecule has 1 aromatic heterocycles. The van der Waals surface area contributed by atoms with Crippen LogP contribution in [0.25, 0.3) is 0 Å². The maximum absolute atomic E-state index is 10.0. The summed E-state index contributed by atoms with van der Waals surface area (Å²) in [6, 6.07) is 7.50. The van der Waals surface area contributed by atoms with Crippen LogP contribution in [-0.4, -0.2) is 32.6 Å². The molecule has 0 aliphatic carbocycles. The van der Waals surface area contributed by atoms with Gasteiger partial charge in [0, 0.05) is 5.02 Å². The number of benzene rings is 1. The summed E-state index contributed by atoms with van der Waals surface area (Å²) in [6.45, 7) is 6.25. The van der Waals surface area contributed by atoms with Crippen LogP contribution in [0.15, 0.2) is 24.3 Å². The van der Waals surface area contributed by atoms with Gasteiger partial charge in [0.2, 0.25) is 0 Å². The minimum absolute atomic E-state index is 0.101. The number of aryl methyl sites for hydroxylation is 2. The number of rotatable bonds is 6. The van der Waals surface area contributed by atoms with Crippen LogP contribution in [0.2, 0.25) is 5.02 Å². The first kappa shape index (κ1) is 15.9. The second-order valence-electron chi connectivity index (χ2n) is 5.07.